The zero-order valence-electron chi connectivity index (χ0n) is 9.52. The Labute approximate surface area is 94.7 Å². The van der Waals surface area contributed by atoms with Gasteiger partial charge in [-0.1, -0.05) is 12.1 Å². The van der Waals surface area contributed by atoms with Gasteiger partial charge in [-0.25, -0.2) is 13.1 Å². The molecule has 0 aromatic carbocycles. The first-order chi connectivity index (χ1) is 7.42. The van der Waals surface area contributed by atoms with Crippen molar-refractivity contribution in [1.29, 1.82) is 0 Å². The largest absolute Gasteiger partial charge is 0.395 e. The van der Waals surface area contributed by atoms with E-state index in [-0.39, 0.29) is 17.3 Å². The highest BCUT2D eigenvalue weighted by Crippen LogP contribution is 2.18. The summed E-state index contributed by atoms with van der Waals surface area (Å²) in [5.74, 6) is 0.248. The zero-order valence-corrected chi connectivity index (χ0v) is 10.3. The van der Waals surface area contributed by atoms with Gasteiger partial charge in [0.2, 0.25) is 10.0 Å². The second-order valence-corrected chi connectivity index (χ2v) is 5.21. The Morgan fingerprint density at radius 3 is 2.50 bits per heavy atom. The minimum absolute atomic E-state index is 0.0550. The Bertz CT molecular complexity index is 429. The Morgan fingerprint density at radius 1 is 1.50 bits per heavy atom. The van der Waals surface area contributed by atoms with Crippen LogP contribution in [0.3, 0.4) is 0 Å². The lowest BCUT2D eigenvalue weighted by Gasteiger charge is -2.13. The molecule has 6 nitrogen and oxygen atoms in total. The van der Waals surface area contributed by atoms with Gasteiger partial charge in [0.25, 0.3) is 0 Å². The number of aromatic nitrogens is 1. The molecule has 0 saturated carbocycles. The molecule has 0 spiro atoms. The molecular formula is C9H16N2O4S. The summed E-state index contributed by atoms with van der Waals surface area (Å²) >= 11 is 0. The smallest absolute Gasteiger partial charge is 0.246 e. The molecule has 0 radical (unpaired) electrons. The molecule has 0 aliphatic heterocycles. The number of nitrogens with one attached hydrogen (secondary N) is 1. The van der Waals surface area contributed by atoms with Gasteiger partial charge in [0.05, 0.1) is 6.61 Å². The van der Waals surface area contributed by atoms with Crippen LogP contribution in [0, 0.1) is 13.8 Å². The van der Waals surface area contributed by atoms with E-state index in [9.17, 15) is 8.42 Å². The van der Waals surface area contributed by atoms with E-state index in [1.165, 1.54) is 6.92 Å². The highest BCUT2D eigenvalue weighted by Gasteiger charge is 2.26. The maximum absolute atomic E-state index is 11.9. The number of hydrogen-bond donors (Lipinski definition) is 2. The summed E-state index contributed by atoms with van der Waals surface area (Å²) in [6.45, 7) is 4.65. The Kier molecular flexibility index (Phi) is 4.06. The summed E-state index contributed by atoms with van der Waals surface area (Å²) in [4.78, 5) is 0.0550. The standard InChI is InChI=1S/C9H16N2O4S/c1-4-8(5-12)11-16(13,14)9-6(2)10-15-7(9)3/h8,11-12H,4-5H2,1-3H3/t8-/m1/s1. The predicted molar refractivity (Wildman–Crippen MR) is 57.5 cm³/mol. The second kappa shape index (κ2) is 4.94. The molecule has 1 rings (SSSR count). The van der Waals surface area contributed by atoms with Crippen LogP contribution in [-0.2, 0) is 10.0 Å². The molecule has 1 heterocycles. The average molecular weight is 248 g/mol. The van der Waals surface area contributed by atoms with Crippen LogP contribution < -0.4 is 4.72 Å². The van der Waals surface area contributed by atoms with Gasteiger partial charge < -0.3 is 9.63 Å². The van der Waals surface area contributed by atoms with Crippen molar-refractivity contribution >= 4 is 10.0 Å². The van der Waals surface area contributed by atoms with Crippen molar-refractivity contribution in [1.82, 2.24) is 9.88 Å². The Balaban J connectivity index is 3.03. The van der Waals surface area contributed by atoms with Crippen LogP contribution in [0.25, 0.3) is 0 Å². The highest BCUT2D eigenvalue weighted by molar-refractivity contribution is 7.89. The SMILES string of the molecule is CC[C@H](CO)NS(=O)(=O)c1c(C)noc1C. The van der Waals surface area contributed by atoms with Crippen LogP contribution in [0.5, 0.6) is 0 Å². The summed E-state index contributed by atoms with van der Waals surface area (Å²) in [5.41, 5.74) is 0.317. The number of hydrogen-bond acceptors (Lipinski definition) is 5. The van der Waals surface area contributed by atoms with E-state index in [1.54, 1.807) is 13.8 Å². The van der Waals surface area contributed by atoms with Gasteiger partial charge in [-0.15, -0.1) is 0 Å². The Morgan fingerprint density at radius 2 is 2.12 bits per heavy atom. The van der Waals surface area contributed by atoms with Gasteiger partial charge in [-0.3, -0.25) is 0 Å². The number of sulfonamides is 1. The van der Waals surface area contributed by atoms with Crippen LogP contribution in [0.4, 0.5) is 0 Å². The van der Waals surface area contributed by atoms with Crippen LogP contribution in [0.1, 0.15) is 24.8 Å². The molecule has 0 fully saturated rings. The highest BCUT2D eigenvalue weighted by atomic mass is 32.2. The summed E-state index contributed by atoms with van der Waals surface area (Å²) in [6, 6.07) is -0.487. The van der Waals surface area contributed by atoms with Crippen molar-refractivity contribution < 1.29 is 18.0 Å². The monoisotopic (exact) mass is 248 g/mol. The minimum atomic E-state index is -3.67. The van der Waals surface area contributed by atoms with E-state index >= 15 is 0 Å². The molecule has 0 bridgehead atoms. The molecule has 1 atom stereocenters. The lowest BCUT2D eigenvalue weighted by Crippen LogP contribution is -2.37. The first-order valence-corrected chi connectivity index (χ1v) is 6.46. The third-order valence-corrected chi connectivity index (χ3v) is 4.04. The lowest BCUT2D eigenvalue weighted by atomic mass is 10.3. The van der Waals surface area contributed by atoms with E-state index in [0.717, 1.165) is 0 Å². The molecule has 0 amide bonds. The third-order valence-electron chi connectivity index (χ3n) is 2.27. The summed E-state index contributed by atoms with van der Waals surface area (Å²) in [7, 11) is -3.67. The molecule has 16 heavy (non-hydrogen) atoms. The first kappa shape index (κ1) is 13.1. The first-order valence-electron chi connectivity index (χ1n) is 4.98. The maximum atomic E-state index is 11.9. The molecule has 0 aliphatic carbocycles. The van der Waals surface area contributed by atoms with E-state index in [1.807, 2.05) is 0 Å². The van der Waals surface area contributed by atoms with E-state index in [0.29, 0.717) is 12.1 Å². The molecular weight excluding hydrogens is 232 g/mol. The van der Waals surface area contributed by atoms with Gasteiger partial charge in [0.1, 0.15) is 10.6 Å². The maximum Gasteiger partial charge on any atom is 0.246 e. The summed E-state index contributed by atoms with van der Waals surface area (Å²) in [6.07, 6.45) is 0.513. The molecule has 2 N–H and O–H groups in total. The molecule has 0 unspecified atom stereocenters. The molecule has 0 saturated heterocycles. The number of nitrogens with zero attached hydrogens (tertiary/aromatic N) is 1. The van der Waals surface area contributed by atoms with Crippen molar-refractivity contribution in [3.05, 3.63) is 11.5 Å². The molecule has 1 aromatic rings. The number of aliphatic hydroxyl groups excluding tert-OH is 1. The van der Waals surface area contributed by atoms with Crippen LogP contribution in [0.2, 0.25) is 0 Å². The van der Waals surface area contributed by atoms with Crippen molar-refractivity contribution in [2.45, 2.75) is 38.1 Å². The fourth-order valence-corrected chi connectivity index (χ4v) is 3.03. The second-order valence-electron chi connectivity index (χ2n) is 3.56. The minimum Gasteiger partial charge on any atom is -0.395 e. The molecule has 0 aliphatic rings. The van der Waals surface area contributed by atoms with Crippen LogP contribution >= 0.6 is 0 Å². The molecule has 7 heteroatoms. The fraction of sp³-hybridized carbons (Fsp3) is 0.667. The van der Waals surface area contributed by atoms with E-state index in [2.05, 4.69) is 9.88 Å². The van der Waals surface area contributed by atoms with Gasteiger partial charge in [-0.2, -0.15) is 0 Å². The van der Waals surface area contributed by atoms with Gasteiger partial charge in [0.15, 0.2) is 5.76 Å². The van der Waals surface area contributed by atoms with E-state index in [4.69, 9.17) is 9.63 Å². The predicted octanol–water partition coefficient (Wildman–Crippen LogP) is 0.341. The van der Waals surface area contributed by atoms with Gasteiger partial charge >= 0.3 is 0 Å². The topological polar surface area (TPSA) is 92.4 Å². The van der Waals surface area contributed by atoms with Crippen molar-refractivity contribution in [2.75, 3.05) is 6.61 Å². The summed E-state index contributed by atoms with van der Waals surface area (Å²) < 4.78 is 31.1. The third kappa shape index (κ3) is 2.60. The van der Waals surface area contributed by atoms with E-state index < -0.39 is 16.1 Å². The normalized spacial score (nSPS) is 14.0. The average Bonchev–Trinajstić information content (AvgIpc) is 2.55. The molecule has 1 aromatic heterocycles. The quantitative estimate of drug-likeness (QED) is 0.784. The van der Waals surface area contributed by atoms with Crippen molar-refractivity contribution in [3.8, 4) is 0 Å². The van der Waals surface area contributed by atoms with Crippen LogP contribution in [0.15, 0.2) is 9.42 Å². The number of aryl methyl sites for hydroxylation is 2. The van der Waals surface area contributed by atoms with Crippen molar-refractivity contribution in [3.63, 3.8) is 0 Å². The molecule has 92 valence electrons. The number of aliphatic hydroxyl groups is 1. The van der Waals surface area contributed by atoms with Crippen LogP contribution in [-0.4, -0.2) is 31.3 Å². The number of rotatable bonds is 5. The zero-order chi connectivity index (χ0) is 12.3. The fourth-order valence-electron chi connectivity index (χ4n) is 1.39. The Hall–Kier alpha value is -0.920. The summed E-state index contributed by atoms with van der Waals surface area (Å²) in [5, 5.41) is 12.5. The lowest BCUT2D eigenvalue weighted by molar-refractivity contribution is 0.253. The van der Waals surface area contributed by atoms with Crippen molar-refractivity contribution in [2.24, 2.45) is 0 Å². The van der Waals surface area contributed by atoms with Gasteiger partial charge in [-0.05, 0) is 20.3 Å². The van der Waals surface area contributed by atoms with Gasteiger partial charge in [0, 0.05) is 6.04 Å².